The fraction of sp³-hybridized carbons (Fsp3) is 0.238. The molecule has 4 rings (SSSR count). The van der Waals surface area contributed by atoms with Crippen molar-refractivity contribution < 1.29 is 19.4 Å². The molecule has 0 saturated carbocycles. The van der Waals surface area contributed by atoms with Crippen LogP contribution in [0.2, 0.25) is 0 Å². The minimum Gasteiger partial charge on any atom is -0.493 e. The number of fused-ring (bicyclic) bond motifs is 3. The van der Waals surface area contributed by atoms with Crippen molar-refractivity contribution in [3.05, 3.63) is 57.4 Å². The number of nitrogens with one attached hydrogen (secondary N) is 2. The molecular formula is C21H19N3O5S2. The predicted molar refractivity (Wildman–Crippen MR) is 119 cm³/mol. The Kier molecular flexibility index (Phi) is 5.84. The van der Waals surface area contributed by atoms with Gasteiger partial charge in [-0.25, -0.2) is 4.79 Å². The van der Waals surface area contributed by atoms with Crippen molar-refractivity contribution >= 4 is 40.0 Å². The molecule has 1 atom stereocenters. The zero-order valence-electron chi connectivity index (χ0n) is 16.7. The quantitative estimate of drug-likeness (QED) is 0.306. The van der Waals surface area contributed by atoms with Gasteiger partial charge in [0, 0.05) is 4.88 Å². The van der Waals surface area contributed by atoms with Crippen molar-refractivity contribution in [2.45, 2.75) is 30.2 Å². The number of aromatic nitrogens is 2. The molecule has 160 valence electrons. The fourth-order valence-electron chi connectivity index (χ4n) is 3.46. The van der Waals surface area contributed by atoms with Gasteiger partial charge in [0.2, 0.25) is 11.8 Å². The summed E-state index contributed by atoms with van der Waals surface area (Å²) >= 11 is 2.34. The van der Waals surface area contributed by atoms with Crippen molar-refractivity contribution in [3.63, 3.8) is 0 Å². The molecule has 0 spiro atoms. The first-order valence-corrected chi connectivity index (χ1v) is 11.2. The fourth-order valence-corrected chi connectivity index (χ4v) is 5.57. The van der Waals surface area contributed by atoms with Crippen LogP contribution in [0.25, 0.3) is 10.4 Å². The third-order valence-corrected chi connectivity index (χ3v) is 7.07. The molecule has 3 aromatic rings. The Morgan fingerprint density at radius 2 is 2.10 bits per heavy atom. The smallest absolute Gasteiger partial charge is 0.341 e. The molecule has 2 heterocycles. The van der Waals surface area contributed by atoms with Crippen LogP contribution in [0.1, 0.15) is 28.4 Å². The van der Waals surface area contributed by atoms with E-state index in [4.69, 9.17) is 4.74 Å². The molecule has 8 nitrogen and oxygen atoms in total. The molecule has 2 aromatic heterocycles. The van der Waals surface area contributed by atoms with E-state index in [2.05, 4.69) is 21.4 Å². The maximum absolute atomic E-state index is 12.8. The summed E-state index contributed by atoms with van der Waals surface area (Å²) in [5, 5.41) is 12.2. The second-order valence-electron chi connectivity index (χ2n) is 6.92. The third-order valence-electron chi connectivity index (χ3n) is 4.90. The van der Waals surface area contributed by atoms with Gasteiger partial charge in [0.05, 0.1) is 24.0 Å². The van der Waals surface area contributed by atoms with Crippen LogP contribution in [0.3, 0.4) is 0 Å². The second-order valence-corrected chi connectivity index (χ2v) is 9.27. The molecule has 1 aliphatic carbocycles. The van der Waals surface area contributed by atoms with Crippen molar-refractivity contribution in [1.29, 1.82) is 0 Å². The number of thiophene rings is 1. The Labute approximate surface area is 185 Å². The number of hydrogen-bond acceptors (Lipinski definition) is 8. The number of aryl methyl sites for hydroxylation is 1. The summed E-state index contributed by atoms with van der Waals surface area (Å²) in [4.78, 5) is 44.1. The summed E-state index contributed by atoms with van der Waals surface area (Å²) in [5.74, 6) is -1.28. The van der Waals surface area contributed by atoms with Crippen LogP contribution in [0.15, 0.2) is 40.3 Å². The number of aromatic amines is 1. The number of benzene rings is 1. The van der Waals surface area contributed by atoms with Crippen LogP contribution >= 0.6 is 23.1 Å². The van der Waals surface area contributed by atoms with E-state index in [-0.39, 0.29) is 11.1 Å². The predicted octanol–water partition coefficient (Wildman–Crippen LogP) is 3.21. The van der Waals surface area contributed by atoms with Crippen LogP contribution < -0.4 is 10.9 Å². The van der Waals surface area contributed by atoms with Crippen molar-refractivity contribution in [2.75, 3.05) is 12.4 Å². The highest BCUT2D eigenvalue weighted by atomic mass is 32.2. The van der Waals surface area contributed by atoms with Crippen molar-refractivity contribution in [1.82, 2.24) is 9.97 Å². The van der Waals surface area contributed by atoms with Gasteiger partial charge in [0.1, 0.15) is 5.00 Å². The highest BCUT2D eigenvalue weighted by Gasteiger charge is 2.30. The van der Waals surface area contributed by atoms with Gasteiger partial charge in [-0.05, 0) is 36.5 Å². The SMILES string of the molecule is COC(=O)c1c(NC(=O)C(C)Sc2nc(O)cc(=O)[nH]2)sc2c1CCc1ccccc1-2. The van der Waals surface area contributed by atoms with Crippen LogP contribution in [0, 0.1) is 0 Å². The highest BCUT2D eigenvalue weighted by molar-refractivity contribution is 8.00. The van der Waals surface area contributed by atoms with Gasteiger partial charge in [-0.15, -0.1) is 11.3 Å². The van der Waals surface area contributed by atoms with E-state index in [1.165, 1.54) is 24.0 Å². The number of methoxy groups -OCH3 is 1. The topological polar surface area (TPSA) is 121 Å². The summed E-state index contributed by atoms with van der Waals surface area (Å²) in [6, 6.07) is 8.96. The molecule has 0 saturated heterocycles. The summed E-state index contributed by atoms with van der Waals surface area (Å²) in [6.07, 6.45) is 1.49. The van der Waals surface area contributed by atoms with Crippen LogP contribution in [-0.2, 0) is 22.4 Å². The Morgan fingerprint density at radius 3 is 2.84 bits per heavy atom. The van der Waals surface area contributed by atoms with Gasteiger partial charge in [-0.2, -0.15) is 4.98 Å². The van der Waals surface area contributed by atoms with E-state index in [9.17, 15) is 19.5 Å². The zero-order chi connectivity index (χ0) is 22.1. The Balaban J connectivity index is 1.63. The molecule has 3 N–H and O–H groups in total. The second kappa shape index (κ2) is 8.56. The number of hydrogen-bond donors (Lipinski definition) is 3. The lowest BCUT2D eigenvalue weighted by Gasteiger charge is -2.16. The number of carbonyl (C=O) groups excluding carboxylic acids is 2. The van der Waals surface area contributed by atoms with E-state index in [0.717, 1.165) is 40.3 Å². The van der Waals surface area contributed by atoms with E-state index in [1.54, 1.807) is 6.92 Å². The van der Waals surface area contributed by atoms with Gasteiger partial charge < -0.3 is 20.1 Å². The first kappa shape index (κ1) is 21.1. The number of thioether (sulfide) groups is 1. The lowest BCUT2D eigenvalue weighted by Crippen LogP contribution is -2.24. The number of rotatable bonds is 5. The average Bonchev–Trinajstić information content (AvgIpc) is 3.10. The minimum atomic E-state index is -0.651. The number of nitrogens with zero attached hydrogens (tertiary/aromatic N) is 1. The number of carbonyl (C=O) groups is 2. The normalized spacial score (nSPS) is 13.1. The first-order chi connectivity index (χ1) is 14.9. The van der Waals surface area contributed by atoms with Gasteiger partial charge in [0.25, 0.3) is 5.56 Å². The third kappa shape index (κ3) is 4.21. The van der Waals surface area contributed by atoms with Crippen molar-refractivity contribution in [3.8, 4) is 16.3 Å². The molecule has 10 heteroatoms. The minimum absolute atomic E-state index is 0.125. The van der Waals surface area contributed by atoms with Gasteiger partial charge in [-0.3, -0.25) is 9.59 Å². The Morgan fingerprint density at radius 1 is 1.32 bits per heavy atom. The largest absolute Gasteiger partial charge is 0.493 e. The molecule has 1 amide bonds. The highest BCUT2D eigenvalue weighted by Crippen LogP contribution is 2.45. The van der Waals surface area contributed by atoms with Gasteiger partial charge >= 0.3 is 5.97 Å². The van der Waals surface area contributed by atoms with Gasteiger partial charge in [-0.1, -0.05) is 36.0 Å². The maximum atomic E-state index is 12.8. The zero-order valence-corrected chi connectivity index (χ0v) is 18.4. The van der Waals surface area contributed by atoms with Crippen LogP contribution in [-0.4, -0.2) is 39.3 Å². The molecule has 1 unspecified atom stereocenters. The molecule has 1 aromatic carbocycles. The van der Waals surface area contributed by atoms with E-state index < -0.39 is 22.7 Å². The molecule has 0 radical (unpaired) electrons. The summed E-state index contributed by atoms with van der Waals surface area (Å²) < 4.78 is 4.99. The van der Waals surface area contributed by atoms with Gasteiger partial charge in [0.15, 0.2) is 5.16 Å². The molecule has 0 fully saturated rings. The van der Waals surface area contributed by atoms with Crippen molar-refractivity contribution in [2.24, 2.45) is 0 Å². The number of H-pyrrole nitrogens is 1. The number of anilines is 1. The molecule has 1 aliphatic rings. The summed E-state index contributed by atoms with van der Waals surface area (Å²) in [7, 11) is 1.32. The average molecular weight is 458 g/mol. The number of ether oxygens (including phenoxy) is 1. The summed E-state index contributed by atoms with van der Waals surface area (Å²) in [6.45, 7) is 1.64. The molecule has 0 aliphatic heterocycles. The Bertz CT molecular complexity index is 1230. The lowest BCUT2D eigenvalue weighted by molar-refractivity contribution is -0.115. The van der Waals surface area contributed by atoms with E-state index in [0.29, 0.717) is 17.0 Å². The number of amides is 1. The molecule has 31 heavy (non-hydrogen) atoms. The molecular weight excluding hydrogens is 438 g/mol. The van der Waals surface area contributed by atoms with Crippen LogP contribution in [0.5, 0.6) is 5.88 Å². The monoisotopic (exact) mass is 457 g/mol. The first-order valence-electron chi connectivity index (χ1n) is 9.47. The summed E-state index contributed by atoms with van der Waals surface area (Å²) in [5.41, 5.74) is 3.01. The van der Waals surface area contributed by atoms with Crippen LogP contribution in [0.4, 0.5) is 5.00 Å². The Hall–Kier alpha value is -3.11. The van der Waals surface area contributed by atoms with E-state index >= 15 is 0 Å². The standard InChI is InChI=1S/C21H19N3O5S2/c1-10(30-21-22-14(25)9-15(26)23-21)18(27)24-19-16(20(28)29-2)13-8-7-11-5-3-4-6-12(11)17(13)31-19/h3-6,9-10H,7-8H2,1-2H3,(H,24,27)(H2,22,23,25,26). The van der Waals surface area contributed by atoms with E-state index in [1.807, 2.05) is 18.2 Å². The lowest BCUT2D eigenvalue weighted by atomic mass is 9.89. The number of aromatic hydroxyl groups is 1. The maximum Gasteiger partial charge on any atom is 0.341 e. The number of esters is 1. The molecule has 0 bridgehead atoms.